The molecule has 2 amide bonds. The van der Waals surface area contributed by atoms with Gasteiger partial charge >= 0.3 is 6.16 Å². The monoisotopic (exact) mass is 697 g/mol. The van der Waals surface area contributed by atoms with Crippen molar-refractivity contribution >= 4 is 41.2 Å². The summed E-state index contributed by atoms with van der Waals surface area (Å²) in [6.45, 7) is 5.41. The summed E-state index contributed by atoms with van der Waals surface area (Å²) in [6, 6.07) is 18.0. The Kier molecular flexibility index (Phi) is 10.8. The second-order valence-electron chi connectivity index (χ2n) is 12.0. The molecule has 48 heavy (non-hydrogen) atoms. The molecule has 3 aromatic rings. The molecule has 0 spiro atoms. The average molecular weight is 699 g/mol. The van der Waals surface area contributed by atoms with Gasteiger partial charge in [0.25, 0.3) is 5.91 Å². The van der Waals surface area contributed by atoms with Crippen LogP contribution >= 0.6 is 23.2 Å². The standard InChI is InChI=1S/C36H41Cl2N3O7/c1-5-36(25-14-16-40-21-25)31(22-12-13-26(37)27(38)18-22)35(33(39)43,24-10-8-7-9-11-24)15-17-41(36)32(42)23-19-28(45-3)30(29(20-23)46-4)48-34(44)47-6-2/h7-13,18-20,25,31,40H,5-6,14-17,21H2,1-4H3,(H2,39,43). The van der Waals surface area contributed by atoms with E-state index in [1.807, 2.05) is 48.2 Å². The zero-order chi connectivity index (χ0) is 34.6. The molecule has 0 aromatic heterocycles. The van der Waals surface area contributed by atoms with Gasteiger partial charge < -0.3 is 34.9 Å². The number of nitrogens with one attached hydrogen (secondary N) is 1. The van der Waals surface area contributed by atoms with Crippen LogP contribution in [-0.4, -0.2) is 68.9 Å². The number of primary amides is 1. The molecule has 256 valence electrons. The number of likely N-dealkylation sites (tertiary alicyclic amines) is 1. The van der Waals surface area contributed by atoms with Crippen LogP contribution in [0.3, 0.4) is 0 Å². The minimum Gasteiger partial charge on any atom is -0.493 e. The highest BCUT2D eigenvalue weighted by atomic mass is 35.5. The number of nitrogens with two attached hydrogens (primary N) is 1. The Hall–Kier alpha value is -3.99. The summed E-state index contributed by atoms with van der Waals surface area (Å²) in [5.74, 6) is -1.25. The zero-order valence-corrected chi connectivity index (χ0v) is 29.0. The highest BCUT2D eigenvalue weighted by Crippen LogP contribution is 2.59. The number of carbonyl (C=O) groups excluding carboxylic acids is 3. The van der Waals surface area contributed by atoms with Crippen molar-refractivity contribution in [2.75, 3.05) is 40.5 Å². The molecule has 3 aromatic carbocycles. The van der Waals surface area contributed by atoms with Crippen molar-refractivity contribution in [1.29, 1.82) is 0 Å². The van der Waals surface area contributed by atoms with Crippen LogP contribution in [0, 0.1) is 5.92 Å². The van der Waals surface area contributed by atoms with E-state index >= 15 is 4.79 Å². The van der Waals surface area contributed by atoms with Crippen molar-refractivity contribution < 1.29 is 33.3 Å². The highest BCUT2D eigenvalue weighted by Gasteiger charge is 2.64. The van der Waals surface area contributed by atoms with Crippen molar-refractivity contribution in [3.63, 3.8) is 0 Å². The summed E-state index contributed by atoms with van der Waals surface area (Å²) in [7, 11) is 2.81. The molecule has 2 fully saturated rings. The quantitative estimate of drug-likeness (QED) is 0.185. The lowest BCUT2D eigenvalue weighted by Gasteiger charge is -2.61. The lowest BCUT2D eigenvalue weighted by atomic mass is 9.51. The van der Waals surface area contributed by atoms with E-state index in [0.29, 0.717) is 23.0 Å². The molecule has 4 atom stereocenters. The van der Waals surface area contributed by atoms with Gasteiger partial charge in [-0.3, -0.25) is 9.59 Å². The fraction of sp³-hybridized carbons (Fsp3) is 0.417. The molecule has 3 N–H and O–H groups in total. The first-order valence-electron chi connectivity index (χ1n) is 16.0. The largest absolute Gasteiger partial charge is 0.514 e. The van der Waals surface area contributed by atoms with Gasteiger partial charge in [0, 0.05) is 24.6 Å². The van der Waals surface area contributed by atoms with Crippen molar-refractivity contribution in [3.8, 4) is 17.2 Å². The number of hydrogen-bond acceptors (Lipinski definition) is 8. The average Bonchev–Trinajstić information content (AvgIpc) is 3.64. The van der Waals surface area contributed by atoms with Gasteiger partial charge in [0.15, 0.2) is 11.5 Å². The van der Waals surface area contributed by atoms with Crippen LogP contribution in [0.4, 0.5) is 4.79 Å². The Balaban J connectivity index is 1.76. The summed E-state index contributed by atoms with van der Waals surface area (Å²) < 4.78 is 21.5. The minimum atomic E-state index is -1.19. The molecule has 2 heterocycles. The number of piperidine rings is 1. The van der Waals surface area contributed by atoms with Crippen LogP contribution in [0.2, 0.25) is 10.0 Å². The molecule has 10 nitrogen and oxygen atoms in total. The molecular weight excluding hydrogens is 657 g/mol. The molecule has 0 bridgehead atoms. The predicted molar refractivity (Wildman–Crippen MR) is 183 cm³/mol. The number of halogens is 2. The van der Waals surface area contributed by atoms with Crippen LogP contribution < -0.4 is 25.3 Å². The number of hydrogen-bond donors (Lipinski definition) is 2. The third-order valence-electron chi connectivity index (χ3n) is 9.96. The molecule has 0 radical (unpaired) electrons. The Morgan fingerprint density at radius 1 is 0.979 bits per heavy atom. The van der Waals surface area contributed by atoms with E-state index in [9.17, 15) is 9.59 Å². The maximum absolute atomic E-state index is 15.0. The molecule has 0 aliphatic carbocycles. The van der Waals surface area contributed by atoms with Crippen molar-refractivity contribution in [2.45, 2.75) is 50.0 Å². The van der Waals surface area contributed by atoms with Gasteiger partial charge in [0.1, 0.15) is 0 Å². The molecule has 2 aliphatic heterocycles. The van der Waals surface area contributed by atoms with Gasteiger partial charge in [-0.05, 0) is 74.0 Å². The Bertz CT molecular complexity index is 1640. The number of ether oxygens (including phenoxy) is 4. The molecule has 0 saturated carbocycles. The first-order chi connectivity index (χ1) is 23.1. The van der Waals surface area contributed by atoms with Crippen molar-refractivity contribution in [3.05, 3.63) is 87.4 Å². The van der Waals surface area contributed by atoms with Crippen LogP contribution in [0.5, 0.6) is 17.2 Å². The van der Waals surface area contributed by atoms with Gasteiger partial charge in [-0.15, -0.1) is 0 Å². The maximum Gasteiger partial charge on any atom is 0.514 e. The van der Waals surface area contributed by atoms with E-state index < -0.39 is 28.9 Å². The smallest absolute Gasteiger partial charge is 0.493 e. The van der Waals surface area contributed by atoms with Crippen LogP contribution in [0.25, 0.3) is 0 Å². The lowest BCUT2D eigenvalue weighted by molar-refractivity contribution is -0.131. The van der Waals surface area contributed by atoms with E-state index in [1.165, 1.54) is 26.4 Å². The fourth-order valence-electron chi connectivity index (χ4n) is 7.94. The maximum atomic E-state index is 15.0. The van der Waals surface area contributed by atoms with Crippen molar-refractivity contribution in [1.82, 2.24) is 10.2 Å². The molecule has 4 unspecified atom stereocenters. The van der Waals surface area contributed by atoms with Crippen LogP contribution in [-0.2, 0) is 14.9 Å². The van der Waals surface area contributed by atoms with Gasteiger partial charge in [0.2, 0.25) is 11.7 Å². The second-order valence-corrected chi connectivity index (χ2v) is 12.9. The predicted octanol–water partition coefficient (Wildman–Crippen LogP) is 6.36. The fourth-order valence-corrected chi connectivity index (χ4v) is 8.25. The normalized spacial score (nSPS) is 23.8. The van der Waals surface area contributed by atoms with E-state index in [1.54, 1.807) is 19.1 Å². The van der Waals surface area contributed by atoms with Crippen LogP contribution in [0.1, 0.15) is 60.5 Å². The topological polar surface area (TPSA) is 129 Å². The van der Waals surface area contributed by atoms with E-state index in [-0.39, 0.29) is 54.2 Å². The lowest BCUT2D eigenvalue weighted by Crippen LogP contribution is -2.70. The summed E-state index contributed by atoms with van der Waals surface area (Å²) in [5.41, 5.74) is 6.15. The highest BCUT2D eigenvalue weighted by molar-refractivity contribution is 6.42. The number of rotatable bonds is 10. The Morgan fingerprint density at radius 2 is 1.67 bits per heavy atom. The Morgan fingerprint density at radius 3 is 2.21 bits per heavy atom. The summed E-state index contributed by atoms with van der Waals surface area (Å²) in [6.07, 6.45) is 0.577. The Labute approximate surface area is 290 Å². The molecule has 12 heteroatoms. The first kappa shape index (κ1) is 35.3. The van der Waals surface area contributed by atoms with E-state index in [0.717, 1.165) is 24.1 Å². The minimum absolute atomic E-state index is 0.0131. The van der Waals surface area contributed by atoms with Gasteiger partial charge in [-0.2, -0.15) is 0 Å². The van der Waals surface area contributed by atoms with Gasteiger partial charge in [0.05, 0.1) is 41.8 Å². The summed E-state index contributed by atoms with van der Waals surface area (Å²) in [4.78, 5) is 43.2. The molecular formula is C36H41Cl2N3O7. The first-order valence-corrected chi connectivity index (χ1v) is 16.8. The number of carbonyl (C=O) groups is 3. The third-order valence-corrected chi connectivity index (χ3v) is 10.7. The van der Waals surface area contributed by atoms with E-state index in [4.69, 9.17) is 47.9 Å². The van der Waals surface area contributed by atoms with Crippen molar-refractivity contribution in [2.24, 2.45) is 11.7 Å². The van der Waals surface area contributed by atoms with E-state index in [2.05, 4.69) is 5.32 Å². The molecule has 5 rings (SSSR count). The van der Waals surface area contributed by atoms with Gasteiger partial charge in [-0.1, -0.05) is 66.5 Å². The molecule has 2 saturated heterocycles. The summed E-state index contributed by atoms with van der Waals surface area (Å²) >= 11 is 13.1. The third kappa shape index (κ3) is 6.06. The number of benzene rings is 3. The number of nitrogens with zero attached hydrogens (tertiary/aromatic N) is 1. The van der Waals surface area contributed by atoms with Gasteiger partial charge in [-0.25, -0.2) is 4.79 Å². The number of amides is 2. The SMILES string of the molecule is CCOC(=O)Oc1c(OC)cc(C(=O)N2CCC(C(N)=O)(c3ccccc3)C(c3ccc(Cl)c(Cl)c3)C2(CC)C2CCNC2)cc1OC. The second kappa shape index (κ2) is 14.6. The zero-order valence-electron chi connectivity index (χ0n) is 27.5. The molecule has 2 aliphatic rings. The van der Waals surface area contributed by atoms with Crippen LogP contribution in [0.15, 0.2) is 60.7 Å². The summed E-state index contributed by atoms with van der Waals surface area (Å²) in [5, 5.41) is 4.20. The number of methoxy groups -OCH3 is 2.